The molecule has 0 nitrogen and oxygen atoms in total. The Bertz CT molecular complexity index is 80.6. The van der Waals surface area contributed by atoms with Crippen LogP contribution in [0.5, 0.6) is 0 Å². The molecule has 3 atom stereocenters. The van der Waals surface area contributed by atoms with Crippen LogP contribution in [0.3, 0.4) is 0 Å². The molecule has 0 heterocycles. The average molecular weight is 130 g/mol. The van der Waals surface area contributed by atoms with E-state index in [2.05, 4.69) is 6.92 Å². The highest BCUT2D eigenvalue weighted by Crippen LogP contribution is 2.31. The second kappa shape index (κ2) is 2.68. The maximum Gasteiger partial charge on any atom is 0.103 e. The Hall–Kier alpha value is -0.0700. The molecular formula is C8H15F. The van der Waals surface area contributed by atoms with E-state index in [-0.39, 0.29) is 0 Å². The minimum absolute atomic E-state index is 0.304. The Morgan fingerprint density at radius 1 is 1.22 bits per heavy atom. The molecule has 0 N–H and O–H groups in total. The van der Waals surface area contributed by atoms with Crippen molar-refractivity contribution in [3.05, 3.63) is 0 Å². The summed E-state index contributed by atoms with van der Waals surface area (Å²) in [4.78, 5) is 0. The highest BCUT2D eigenvalue weighted by molar-refractivity contribution is 4.75. The van der Waals surface area contributed by atoms with Crippen molar-refractivity contribution in [2.45, 2.75) is 39.3 Å². The van der Waals surface area contributed by atoms with Gasteiger partial charge in [-0.1, -0.05) is 26.7 Å². The van der Waals surface area contributed by atoms with Crippen molar-refractivity contribution >= 4 is 0 Å². The molecule has 3 unspecified atom stereocenters. The van der Waals surface area contributed by atoms with Gasteiger partial charge in [-0.3, -0.25) is 0 Å². The van der Waals surface area contributed by atoms with Crippen molar-refractivity contribution in [3.8, 4) is 0 Å². The first-order valence-electron chi connectivity index (χ1n) is 3.86. The molecule has 1 fully saturated rings. The quantitative estimate of drug-likeness (QED) is 0.473. The Labute approximate surface area is 56.5 Å². The normalized spacial score (nSPS) is 45.0. The molecule has 0 aliphatic heterocycles. The maximum atomic E-state index is 12.8. The SMILES string of the molecule is CC1CCCC(F)C1C. The summed E-state index contributed by atoms with van der Waals surface area (Å²) in [5.74, 6) is 0.910. The van der Waals surface area contributed by atoms with E-state index in [0.717, 1.165) is 12.8 Å². The molecule has 0 aromatic carbocycles. The van der Waals surface area contributed by atoms with E-state index in [0.29, 0.717) is 11.8 Å². The number of hydrogen-bond acceptors (Lipinski definition) is 0. The van der Waals surface area contributed by atoms with Crippen LogP contribution >= 0.6 is 0 Å². The summed E-state index contributed by atoms with van der Waals surface area (Å²) in [6.07, 6.45) is 2.59. The van der Waals surface area contributed by atoms with Crippen LogP contribution < -0.4 is 0 Å². The lowest BCUT2D eigenvalue weighted by atomic mass is 9.80. The topological polar surface area (TPSA) is 0 Å². The molecule has 1 aliphatic carbocycles. The van der Waals surface area contributed by atoms with Gasteiger partial charge in [0.25, 0.3) is 0 Å². The third-order valence-electron chi connectivity index (χ3n) is 2.61. The summed E-state index contributed by atoms with van der Waals surface area (Å²) in [7, 11) is 0. The van der Waals surface area contributed by atoms with E-state index in [1.165, 1.54) is 6.42 Å². The molecule has 1 heteroatoms. The highest BCUT2D eigenvalue weighted by atomic mass is 19.1. The lowest BCUT2D eigenvalue weighted by Gasteiger charge is -2.28. The molecule has 1 saturated carbocycles. The monoisotopic (exact) mass is 130 g/mol. The largest absolute Gasteiger partial charge is 0.247 e. The molecule has 54 valence electrons. The van der Waals surface area contributed by atoms with Gasteiger partial charge in [0.05, 0.1) is 0 Å². The molecule has 0 radical (unpaired) electrons. The van der Waals surface area contributed by atoms with Gasteiger partial charge < -0.3 is 0 Å². The summed E-state index contributed by atoms with van der Waals surface area (Å²) in [5, 5.41) is 0. The van der Waals surface area contributed by atoms with Gasteiger partial charge in [-0.05, 0) is 18.3 Å². The first-order valence-corrected chi connectivity index (χ1v) is 3.86. The Morgan fingerprint density at radius 2 is 1.89 bits per heavy atom. The minimum Gasteiger partial charge on any atom is -0.247 e. The van der Waals surface area contributed by atoms with Crippen molar-refractivity contribution in [2.75, 3.05) is 0 Å². The van der Waals surface area contributed by atoms with Gasteiger partial charge in [0.2, 0.25) is 0 Å². The molecule has 0 aromatic heterocycles. The molecule has 1 aliphatic rings. The van der Waals surface area contributed by atoms with Crippen molar-refractivity contribution < 1.29 is 4.39 Å². The van der Waals surface area contributed by atoms with Gasteiger partial charge >= 0.3 is 0 Å². The zero-order valence-corrected chi connectivity index (χ0v) is 6.23. The Kier molecular flexibility index (Phi) is 2.09. The number of hydrogen-bond donors (Lipinski definition) is 0. The third kappa shape index (κ3) is 1.44. The number of halogens is 1. The number of alkyl halides is 1. The van der Waals surface area contributed by atoms with E-state index >= 15 is 0 Å². The smallest absolute Gasteiger partial charge is 0.103 e. The molecular weight excluding hydrogens is 115 g/mol. The summed E-state index contributed by atoms with van der Waals surface area (Å²) < 4.78 is 12.8. The van der Waals surface area contributed by atoms with Gasteiger partial charge in [-0.2, -0.15) is 0 Å². The number of rotatable bonds is 0. The second-order valence-corrected chi connectivity index (χ2v) is 3.28. The van der Waals surface area contributed by atoms with Gasteiger partial charge in [-0.25, -0.2) is 4.39 Å². The van der Waals surface area contributed by atoms with Crippen molar-refractivity contribution in [3.63, 3.8) is 0 Å². The van der Waals surface area contributed by atoms with E-state index in [1.807, 2.05) is 6.92 Å². The minimum atomic E-state index is -0.520. The summed E-state index contributed by atoms with van der Waals surface area (Å²) in [6, 6.07) is 0. The zero-order chi connectivity index (χ0) is 6.85. The molecule has 9 heavy (non-hydrogen) atoms. The van der Waals surface area contributed by atoms with E-state index < -0.39 is 6.17 Å². The third-order valence-corrected chi connectivity index (χ3v) is 2.61. The molecule has 0 bridgehead atoms. The van der Waals surface area contributed by atoms with Gasteiger partial charge in [0, 0.05) is 0 Å². The molecule has 0 spiro atoms. The van der Waals surface area contributed by atoms with Crippen molar-refractivity contribution in [2.24, 2.45) is 11.8 Å². The van der Waals surface area contributed by atoms with E-state index in [4.69, 9.17) is 0 Å². The fourth-order valence-corrected chi connectivity index (χ4v) is 1.52. The molecule has 1 rings (SSSR count). The Morgan fingerprint density at radius 3 is 2.33 bits per heavy atom. The fraction of sp³-hybridized carbons (Fsp3) is 1.00. The Balaban J connectivity index is 2.41. The van der Waals surface area contributed by atoms with Crippen LogP contribution in [0.2, 0.25) is 0 Å². The van der Waals surface area contributed by atoms with Crippen LogP contribution in [-0.2, 0) is 0 Å². The average Bonchev–Trinajstić information content (AvgIpc) is 1.83. The van der Waals surface area contributed by atoms with Crippen LogP contribution in [0.25, 0.3) is 0 Å². The first-order chi connectivity index (χ1) is 4.22. The summed E-state index contributed by atoms with van der Waals surface area (Å²) in [6.45, 7) is 4.17. The second-order valence-electron chi connectivity index (χ2n) is 3.28. The van der Waals surface area contributed by atoms with Gasteiger partial charge in [0.15, 0.2) is 0 Å². The van der Waals surface area contributed by atoms with Crippen molar-refractivity contribution in [1.82, 2.24) is 0 Å². The standard InChI is InChI=1S/C8H15F/c1-6-4-3-5-8(9)7(6)2/h6-8H,3-5H2,1-2H3. The van der Waals surface area contributed by atoms with E-state index in [9.17, 15) is 4.39 Å². The lowest BCUT2D eigenvalue weighted by molar-refractivity contribution is 0.130. The maximum absolute atomic E-state index is 12.8. The lowest BCUT2D eigenvalue weighted by Crippen LogP contribution is -2.24. The zero-order valence-electron chi connectivity index (χ0n) is 6.23. The first kappa shape index (κ1) is 7.04. The van der Waals surface area contributed by atoms with Crippen LogP contribution in [0.15, 0.2) is 0 Å². The van der Waals surface area contributed by atoms with Crippen LogP contribution in [-0.4, -0.2) is 6.17 Å². The van der Waals surface area contributed by atoms with Gasteiger partial charge in [0.1, 0.15) is 6.17 Å². The van der Waals surface area contributed by atoms with Crippen molar-refractivity contribution in [1.29, 1.82) is 0 Å². The summed E-state index contributed by atoms with van der Waals surface area (Å²) in [5.41, 5.74) is 0. The molecule has 0 aromatic rings. The highest BCUT2D eigenvalue weighted by Gasteiger charge is 2.26. The fourth-order valence-electron chi connectivity index (χ4n) is 1.52. The van der Waals surface area contributed by atoms with Crippen LogP contribution in [0.1, 0.15) is 33.1 Å². The van der Waals surface area contributed by atoms with Crippen LogP contribution in [0, 0.1) is 11.8 Å². The summed E-state index contributed by atoms with van der Waals surface area (Å²) >= 11 is 0. The predicted molar refractivity (Wildman–Crippen MR) is 37.1 cm³/mol. The molecule has 0 saturated heterocycles. The molecule has 0 amide bonds. The van der Waals surface area contributed by atoms with Gasteiger partial charge in [-0.15, -0.1) is 0 Å². The van der Waals surface area contributed by atoms with Crippen LogP contribution in [0.4, 0.5) is 4.39 Å². The van der Waals surface area contributed by atoms with E-state index in [1.54, 1.807) is 0 Å². The predicted octanol–water partition coefficient (Wildman–Crippen LogP) is 2.78.